The van der Waals surface area contributed by atoms with Crippen LogP contribution in [-0.2, 0) is 9.53 Å². The molecule has 3 nitrogen and oxygen atoms in total. The van der Waals surface area contributed by atoms with Crippen molar-refractivity contribution in [1.82, 2.24) is 0 Å². The van der Waals surface area contributed by atoms with Crippen LogP contribution in [0.3, 0.4) is 0 Å². The molecular weight excluding hydrogens is 222 g/mol. The van der Waals surface area contributed by atoms with Crippen LogP contribution < -0.4 is 5.73 Å². The molecule has 0 amide bonds. The molecule has 0 fully saturated rings. The second-order valence-corrected chi connectivity index (χ2v) is 4.43. The van der Waals surface area contributed by atoms with Crippen molar-refractivity contribution < 1.29 is 9.53 Å². The number of benzene rings is 1. The lowest BCUT2D eigenvalue weighted by Gasteiger charge is -2.04. The number of anilines is 1. The molecule has 4 heteroatoms. The van der Waals surface area contributed by atoms with Gasteiger partial charge in [0.25, 0.3) is 0 Å². The Morgan fingerprint density at radius 3 is 2.88 bits per heavy atom. The topological polar surface area (TPSA) is 52.3 Å². The second-order valence-electron chi connectivity index (χ2n) is 3.29. The van der Waals surface area contributed by atoms with Crippen molar-refractivity contribution in [2.75, 3.05) is 18.1 Å². The molecule has 0 unspecified atom stereocenters. The van der Waals surface area contributed by atoms with Gasteiger partial charge in [-0.1, -0.05) is 12.1 Å². The van der Waals surface area contributed by atoms with Crippen molar-refractivity contribution in [2.45, 2.75) is 24.7 Å². The predicted octanol–water partition coefficient (Wildman–Crippen LogP) is 2.70. The summed E-state index contributed by atoms with van der Waals surface area (Å²) in [6, 6.07) is 7.75. The largest absolute Gasteiger partial charge is 0.466 e. The molecule has 16 heavy (non-hydrogen) atoms. The zero-order valence-electron chi connectivity index (χ0n) is 9.44. The smallest absolute Gasteiger partial charge is 0.305 e. The Kier molecular flexibility index (Phi) is 5.78. The van der Waals surface area contributed by atoms with E-state index in [1.165, 1.54) is 0 Å². The number of hydrogen-bond acceptors (Lipinski definition) is 4. The first-order valence-electron chi connectivity index (χ1n) is 5.37. The first kappa shape index (κ1) is 12.9. The number of rotatable bonds is 6. The zero-order valence-corrected chi connectivity index (χ0v) is 10.3. The summed E-state index contributed by atoms with van der Waals surface area (Å²) in [4.78, 5) is 12.1. The van der Waals surface area contributed by atoms with Gasteiger partial charge in [-0.2, -0.15) is 0 Å². The number of thioether (sulfide) groups is 1. The van der Waals surface area contributed by atoms with E-state index in [9.17, 15) is 4.79 Å². The normalized spacial score (nSPS) is 10.1. The molecule has 0 bridgehead atoms. The average molecular weight is 239 g/mol. The Morgan fingerprint density at radius 2 is 2.19 bits per heavy atom. The van der Waals surface area contributed by atoms with E-state index < -0.39 is 0 Å². The Bertz CT molecular complexity index is 342. The highest BCUT2D eigenvalue weighted by molar-refractivity contribution is 7.99. The van der Waals surface area contributed by atoms with Gasteiger partial charge in [0.1, 0.15) is 0 Å². The van der Waals surface area contributed by atoms with Gasteiger partial charge in [-0.25, -0.2) is 0 Å². The molecule has 0 saturated heterocycles. The highest BCUT2D eigenvalue weighted by atomic mass is 32.2. The fourth-order valence-corrected chi connectivity index (χ4v) is 2.16. The van der Waals surface area contributed by atoms with Crippen molar-refractivity contribution in [1.29, 1.82) is 0 Å². The maximum atomic E-state index is 11.1. The van der Waals surface area contributed by atoms with E-state index in [1.807, 2.05) is 31.2 Å². The van der Waals surface area contributed by atoms with E-state index in [1.54, 1.807) is 11.8 Å². The number of para-hydroxylation sites is 1. The lowest BCUT2D eigenvalue weighted by atomic mass is 10.3. The molecule has 1 aromatic rings. The minimum Gasteiger partial charge on any atom is -0.466 e. The molecular formula is C12H17NO2S. The summed E-state index contributed by atoms with van der Waals surface area (Å²) >= 11 is 1.67. The number of nitrogen functional groups attached to an aromatic ring is 1. The Hall–Kier alpha value is -1.16. The summed E-state index contributed by atoms with van der Waals surface area (Å²) in [5.41, 5.74) is 6.59. The van der Waals surface area contributed by atoms with Gasteiger partial charge >= 0.3 is 5.97 Å². The molecule has 2 N–H and O–H groups in total. The maximum Gasteiger partial charge on any atom is 0.305 e. The third-order valence-corrected chi connectivity index (χ3v) is 3.18. The average Bonchev–Trinajstić information content (AvgIpc) is 2.27. The lowest BCUT2D eigenvalue weighted by Crippen LogP contribution is -2.03. The van der Waals surface area contributed by atoms with Crippen molar-refractivity contribution >= 4 is 23.4 Å². The summed E-state index contributed by atoms with van der Waals surface area (Å²) in [5, 5.41) is 0. The molecule has 1 rings (SSSR count). The van der Waals surface area contributed by atoms with E-state index in [-0.39, 0.29) is 5.97 Å². The first-order chi connectivity index (χ1) is 7.74. The standard InChI is InChI=1S/C12H17NO2S/c1-2-15-12(14)8-5-9-16-11-7-4-3-6-10(11)13/h3-4,6-7H,2,5,8-9,13H2,1H3. The van der Waals surface area contributed by atoms with Crippen LogP contribution in [0.4, 0.5) is 5.69 Å². The van der Waals surface area contributed by atoms with Crippen LogP contribution in [0, 0.1) is 0 Å². The number of hydrogen-bond donors (Lipinski definition) is 1. The number of nitrogens with two attached hydrogens (primary N) is 1. The summed E-state index contributed by atoms with van der Waals surface area (Å²) in [6.07, 6.45) is 1.30. The quantitative estimate of drug-likeness (QED) is 0.359. The first-order valence-corrected chi connectivity index (χ1v) is 6.35. The Labute approximate surface area is 100 Å². The van der Waals surface area contributed by atoms with Crippen molar-refractivity contribution in [3.63, 3.8) is 0 Å². The summed E-state index contributed by atoms with van der Waals surface area (Å²) in [5.74, 6) is 0.761. The van der Waals surface area contributed by atoms with Gasteiger partial charge in [0.15, 0.2) is 0 Å². The molecule has 0 radical (unpaired) electrons. The van der Waals surface area contributed by atoms with Crippen molar-refractivity contribution in [3.05, 3.63) is 24.3 Å². The predicted molar refractivity (Wildman–Crippen MR) is 67.4 cm³/mol. The van der Waals surface area contributed by atoms with Crippen LogP contribution in [0.1, 0.15) is 19.8 Å². The molecule has 88 valence electrons. The molecule has 0 heterocycles. The zero-order chi connectivity index (χ0) is 11.8. The number of carbonyl (C=O) groups excluding carboxylic acids is 1. The molecule has 0 atom stereocenters. The number of carbonyl (C=O) groups is 1. The van der Waals surface area contributed by atoms with Gasteiger partial charge in [0.2, 0.25) is 0 Å². The summed E-state index contributed by atoms with van der Waals surface area (Å²) in [7, 11) is 0. The van der Waals surface area contributed by atoms with Crippen molar-refractivity contribution in [2.24, 2.45) is 0 Å². The molecule has 0 aromatic heterocycles. The second kappa shape index (κ2) is 7.17. The van der Waals surface area contributed by atoms with Gasteiger partial charge in [-0.15, -0.1) is 11.8 Å². The van der Waals surface area contributed by atoms with Crippen LogP contribution in [0.5, 0.6) is 0 Å². The van der Waals surface area contributed by atoms with Crippen LogP contribution in [0.2, 0.25) is 0 Å². The van der Waals surface area contributed by atoms with Gasteiger partial charge in [-0.05, 0) is 31.2 Å². The Balaban J connectivity index is 2.21. The SMILES string of the molecule is CCOC(=O)CCCSc1ccccc1N. The molecule has 0 aliphatic carbocycles. The maximum absolute atomic E-state index is 11.1. The van der Waals surface area contributed by atoms with Gasteiger partial charge < -0.3 is 10.5 Å². The van der Waals surface area contributed by atoms with E-state index in [2.05, 4.69) is 0 Å². The molecule has 0 spiro atoms. The third kappa shape index (κ3) is 4.57. The van der Waals surface area contributed by atoms with E-state index >= 15 is 0 Å². The fourth-order valence-electron chi connectivity index (χ4n) is 1.24. The van der Waals surface area contributed by atoms with E-state index in [0.717, 1.165) is 22.8 Å². The molecule has 1 aromatic carbocycles. The van der Waals surface area contributed by atoms with Crippen molar-refractivity contribution in [3.8, 4) is 0 Å². The number of ether oxygens (including phenoxy) is 1. The van der Waals surface area contributed by atoms with Gasteiger partial charge in [0, 0.05) is 17.0 Å². The van der Waals surface area contributed by atoms with Crippen LogP contribution in [0.25, 0.3) is 0 Å². The fraction of sp³-hybridized carbons (Fsp3) is 0.417. The summed E-state index contributed by atoms with van der Waals surface area (Å²) < 4.78 is 4.84. The molecule has 0 aliphatic heterocycles. The van der Waals surface area contributed by atoms with Crippen LogP contribution in [0.15, 0.2) is 29.2 Å². The minimum absolute atomic E-state index is 0.121. The lowest BCUT2D eigenvalue weighted by molar-refractivity contribution is -0.143. The molecule has 0 saturated carbocycles. The highest BCUT2D eigenvalue weighted by Gasteiger charge is 2.02. The van der Waals surface area contributed by atoms with Gasteiger partial charge in [-0.3, -0.25) is 4.79 Å². The van der Waals surface area contributed by atoms with Crippen LogP contribution >= 0.6 is 11.8 Å². The van der Waals surface area contributed by atoms with E-state index in [4.69, 9.17) is 10.5 Å². The monoisotopic (exact) mass is 239 g/mol. The molecule has 0 aliphatic rings. The number of esters is 1. The van der Waals surface area contributed by atoms with Crippen LogP contribution in [-0.4, -0.2) is 18.3 Å². The highest BCUT2D eigenvalue weighted by Crippen LogP contribution is 2.25. The van der Waals surface area contributed by atoms with Gasteiger partial charge in [0.05, 0.1) is 6.61 Å². The summed E-state index contributed by atoms with van der Waals surface area (Å²) in [6.45, 7) is 2.27. The van der Waals surface area contributed by atoms with E-state index in [0.29, 0.717) is 13.0 Å². The third-order valence-electron chi connectivity index (χ3n) is 2.01. The Morgan fingerprint density at radius 1 is 1.44 bits per heavy atom. The minimum atomic E-state index is -0.121.